The van der Waals surface area contributed by atoms with Crippen molar-refractivity contribution in [3.05, 3.63) is 32.9 Å². The Morgan fingerprint density at radius 3 is 2.58 bits per heavy atom. The van der Waals surface area contributed by atoms with Gasteiger partial charge in [-0.15, -0.1) is 0 Å². The first-order valence-corrected chi connectivity index (χ1v) is 9.22. The first kappa shape index (κ1) is 17.0. The Bertz CT molecular complexity index is 894. The Kier molecular flexibility index (Phi) is 4.16. The third-order valence-electron chi connectivity index (χ3n) is 4.47. The van der Waals surface area contributed by atoms with E-state index in [1.54, 1.807) is 11.3 Å². The zero-order chi connectivity index (χ0) is 17.6. The summed E-state index contributed by atoms with van der Waals surface area (Å²) >= 11 is 1.57. The van der Waals surface area contributed by atoms with Crippen LogP contribution < -0.4 is 20.5 Å². The lowest BCUT2D eigenvalue weighted by Gasteiger charge is -2.17. The molecule has 0 atom stereocenters. The van der Waals surface area contributed by atoms with Crippen LogP contribution in [0.2, 0.25) is 0 Å². The molecule has 1 amide bonds. The minimum absolute atomic E-state index is 0.0283. The third kappa shape index (κ3) is 3.05. The highest BCUT2D eigenvalue weighted by Crippen LogP contribution is 2.31. The smallest absolute Gasteiger partial charge is 0.230 e. The van der Waals surface area contributed by atoms with E-state index in [1.807, 2.05) is 27.0 Å². The molecule has 24 heavy (non-hydrogen) atoms. The lowest BCUT2D eigenvalue weighted by atomic mass is 9.95. The molecule has 0 fully saturated rings. The number of hydrogen-bond acceptors (Lipinski definition) is 4. The molecule has 0 aliphatic carbocycles. The average molecular weight is 343 g/mol. The van der Waals surface area contributed by atoms with Crippen molar-refractivity contribution in [1.82, 2.24) is 5.32 Å². The molecule has 0 aromatic carbocycles. The van der Waals surface area contributed by atoms with Gasteiger partial charge in [-0.2, -0.15) is 0 Å². The summed E-state index contributed by atoms with van der Waals surface area (Å²) in [5.41, 5.74) is 5.57. The van der Waals surface area contributed by atoms with E-state index in [0.717, 1.165) is 39.5 Å². The molecule has 3 rings (SSSR count). The van der Waals surface area contributed by atoms with E-state index in [4.69, 9.17) is 4.99 Å². The molecule has 4 nitrogen and oxygen atoms in total. The van der Waals surface area contributed by atoms with Crippen molar-refractivity contribution in [2.45, 2.75) is 54.4 Å². The lowest BCUT2D eigenvalue weighted by molar-refractivity contribution is -0.123. The number of nitrogens with zero attached hydrogens (tertiary/aromatic N) is 1. The van der Waals surface area contributed by atoms with Gasteiger partial charge in [0.15, 0.2) is 0 Å². The largest absolute Gasteiger partial charge is 0.358 e. The van der Waals surface area contributed by atoms with Crippen LogP contribution in [0, 0.1) is 5.41 Å². The van der Waals surface area contributed by atoms with Crippen LogP contribution in [0.25, 0.3) is 11.3 Å². The molecule has 2 aliphatic heterocycles. The number of thiophene rings is 1. The van der Waals surface area contributed by atoms with Crippen LogP contribution in [0.3, 0.4) is 0 Å². The number of amides is 1. The van der Waals surface area contributed by atoms with Crippen LogP contribution >= 0.6 is 11.3 Å². The number of fused-ring (bicyclic) bond motifs is 1. The molecule has 1 aromatic rings. The Labute approximate surface area is 147 Å². The van der Waals surface area contributed by atoms with E-state index in [0.29, 0.717) is 0 Å². The predicted octanol–water partition coefficient (Wildman–Crippen LogP) is 3.51. The van der Waals surface area contributed by atoms with Crippen molar-refractivity contribution in [2.75, 3.05) is 5.32 Å². The second kappa shape index (κ2) is 5.88. The third-order valence-corrected chi connectivity index (χ3v) is 5.47. The fourth-order valence-corrected chi connectivity index (χ4v) is 4.07. The Balaban J connectivity index is 2.19. The first-order valence-electron chi connectivity index (χ1n) is 8.40. The van der Waals surface area contributed by atoms with Gasteiger partial charge in [0.25, 0.3) is 0 Å². The van der Waals surface area contributed by atoms with Gasteiger partial charge in [-0.05, 0) is 32.3 Å². The molecule has 2 N–H and O–H groups in total. The number of allylic oxidation sites excluding steroid dienone is 2. The highest BCUT2D eigenvalue weighted by atomic mass is 32.1. The van der Waals surface area contributed by atoms with Crippen LogP contribution in [-0.4, -0.2) is 5.91 Å². The summed E-state index contributed by atoms with van der Waals surface area (Å²) in [4.78, 5) is 17.3. The fraction of sp³-hybridized carbons (Fsp3) is 0.474. The number of rotatable bonds is 3. The molecular weight excluding hydrogens is 318 g/mol. The average Bonchev–Trinajstić information content (AvgIpc) is 3.27. The number of carbonyl (C=O) groups is 1. The zero-order valence-corrected chi connectivity index (χ0v) is 16.1. The quantitative estimate of drug-likeness (QED) is 0.882. The number of carbonyl (C=O) groups excluding carboxylic acids is 1. The summed E-state index contributed by atoms with van der Waals surface area (Å²) in [6, 6.07) is 0. The molecule has 1 aromatic heterocycles. The molecule has 2 aliphatic rings. The summed E-state index contributed by atoms with van der Waals surface area (Å²) in [6.45, 7) is 12.2. The van der Waals surface area contributed by atoms with Crippen LogP contribution in [-0.2, 0) is 4.79 Å². The van der Waals surface area contributed by atoms with Crippen molar-refractivity contribution in [3.8, 4) is 0 Å². The summed E-state index contributed by atoms with van der Waals surface area (Å²) in [5, 5.41) is 8.39. The second-order valence-electron chi connectivity index (χ2n) is 7.50. The van der Waals surface area contributed by atoms with Gasteiger partial charge in [-0.1, -0.05) is 44.6 Å². The monoisotopic (exact) mass is 343 g/mol. The fourth-order valence-electron chi connectivity index (χ4n) is 2.86. The van der Waals surface area contributed by atoms with E-state index in [1.165, 1.54) is 16.4 Å². The lowest BCUT2D eigenvalue weighted by Crippen LogP contribution is -2.28. The van der Waals surface area contributed by atoms with E-state index >= 15 is 0 Å². The SMILES string of the molecule is CCC1=C(C)N=c2sc(NC(=O)C(C)(C)C)c(C3=CN3)c2=C(C)C1. The maximum atomic E-state index is 12.5. The van der Waals surface area contributed by atoms with Crippen molar-refractivity contribution in [3.63, 3.8) is 0 Å². The number of anilines is 1. The summed E-state index contributed by atoms with van der Waals surface area (Å²) in [7, 11) is 0. The summed E-state index contributed by atoms with van der Waals surface area (Å²) < 4.78 is 1.00. The van der Waals surface area contributed by atoms with Gasteiger partial charge in [0, 0.05) is 28.1 Å². The molecule has 0 spiro atoms. The maximum Gasteiger partial charge on any atom is 0.230 e. The highest BCUT2D eigenvalue weighted by molar-refractivity contribution is 7.14. The minimum Gasteiger partial charge on any atom is -0.358 e. The van der Waals surface area contributed by atoms with Crippen LogP contribution in [0.5, 0.6) is 0 Å². The van der Waals surface area contributed by atoms with Gasteiger partial charge >= 0.3 is 0 Å². The molecule has 0 saturated heterocycles. The summed E-state index contributed by atoms with van der Waals surface area (Å²) in [6.07, 6.45) is 3.95. The Hall–Kier alpha value is -1.88. The predicted molar refractivity (Wildman–Crippen MR) is 101 cm³/mol. The Morgan fingerprint density at radius 2 is 2.04 bits per heavy atom. The number of nitrogens with one attached hydrogen (secondary N) is 2. The topological polar surface area (TPSA) is 63.4 Å². The highest BCUT2D eigenvalue weighted by Gasteiger charge is 2.27. The van der Waals surface area contributed by atoms with Crippen molar-refractivity contribution in [1.29, 1.82) is 0 Å². The summed E-state index contributed by atoms with van der Waals surface area (Å²) in [5.74, 6) is 0.0283. The number of hydrogen-bond donors (Lipinski definition) is 2. The van der Waals surface area contributed by atoms with Gasteiger partial charge in [-0.25, -0.2) is 4.99 Å². The standard InChI is InChI=1S/C19H25N3OS/c1-7-12-8-10(2)14-15(13-9-20-13)17(22-18(23)19(4,5)6)24-16(14)21-11(12)3/h9,20H,7-8H2,1-6H3,(H,22,23). The van der Waals surface area contributed by atoms with Crippen molar-refractivity contribution < 1.29 is 4.79 Å². The van der Waals surface area contributed by atoms with Gasteiger partial charge in [0.1, 0.15) is 9.67 Å². The maximum absolute atomic E-state index is 12.5. The van der Waals surface area contributed by atoms with Gasteiger partial charge < -0.3 is 10.6 Å². The first-order chi connectivity index (χ1) is 11.2. The minimum atomic E-state index is -0.425. The van der Waals surface area contributed by atoms with E-state index in [9.17, 15) is 4.79 Å². The van der Waals surface area contributed by atoms with Crippen LogP contribution in [0.15, 0.2) is 22.5 Å². The molecule has 0 bridgehead atoms. The molecule has 0 unspecified atom stereocenters. The molecule has 0 radical (unpaired) electrons. The zero-order valence-electron chi connectivity index (χ0n) is 15.3. The normalized spacial score (nSPS) is 16.8. The molecule has 3 heterocycles. The molecule has 5 heteroatoms. The van der Waals surface area contributed by atoms with E-state index < -0.39 is 5.41 Å². The van der Waals surface area contributed by atoms with Crippen molar-refractivity contribution >= 4 is 33.5 Å². The van der Waals surface area contributed by atoms with E-state index in [-0.39, 0.29) is 5.91 Å². The van der Waals surface area contributed by atoms with Crippen LogP contribution in [0.4, 0.5) is 5.00 Å². The van der Waals surface area contributed by atoms with E-state index in [2.05, 4.69) is 31.4 Å². The second-order valence-corrected chi connectivity index (χ2v) is 8.50. The van der Waals surface area contributed by atoms with Crippen LogP contribution in [0.1, 0.15) is 59.9 Å². The molecule has 0 saturated carbocycles. The van der Waals surface area contributed by atoms with Gasteiger partial charge in [0.05, 0.1) is 5.70 Å². The van der Waals surface area contributed by atoms with Crippen molar-refractivity contribution in [2.24, 2.45) is 10.4 Å². The molecular formula is C19H25N3OS. The van der Waals surface area contributed by atoms with Gasteiger partial charge in [0.2, 0.25) is 5.91 Å². The van der Waals surface area contributed by atoms with Gasteiger partial charge in [-0.3, -0.25) is 4.79 Å². The Morgan fingerprint density at radius 1 is 1.38 bits per heavy atom. The molecule has 128 valence electrons.